The minimum Gasteiger partial charge on any atom is -0.308 e. The molecular formula is C16H16BrN5O. The number of benzene rings is 1. The van der Waals surface area contributed by atoms with Crippen LogP contribution in [0.4, 0.5) is 5.82 Å². The summed E-state index contributed by atoms with van der Waals surface area (Å²) in [6.07, 6.45) is 3.63. The lowest BCUT2D eigenvalue weighted by molar-refractivity contribution is -0.116. The van der Waals surface area contributed by atoms with Gasteiger partial charge in [0, 0.05) is 18.5 Å². The Morgan fingerprint density at radius 1 is 1.17 bits per heavy atom. The smallest absolute Gasteiger partial charge is 0.247 e. The third-order valence-electron chi connectivity index (χ3n) is 3.29. The van der Waals surface area contributed by atoms with Crippen molar-refractivity contribution in [2.75, 3.05) is 5.32 Å². The summed E-state index contributed by atoms with van der Waals surface area (Å²) in [7, 11) is 0. The van der Waals surface area contributed by atoms with Crippen molar-refractivity contribution in [1.29, 1.82) is 0 Å². The highest BCUT2D eigenvalue weighted by Gasteiger charge is 2.08. The molecule has 0 aliphatic carbocycles. The summed E-state index contributed by atoms with van der Waals surface area (Å²) in [5.41, 5.74) is 2.01. The molecule has 0 bridgehead atoms. The number of carbonyl (C=O) groups is 1. The van der Waals surface area contributed by atoms with Gasteiger partial charge in [-0.2, -0.15) is 10.2 Å². The van der Waals surface area contributed by atoms with Gasteiger partial charge in [-0.25, -0.2) is 0 Å². The van der Waals surface area contributed by atoms with Gasteiger partial charge in [0.05, 0.1) is 16.7 Å². The zero-order valence-corrected chi connectivity index (χ0v) is 14.2. The summed E-state index contributed by atoms with van der Waals surface area (Å²) in [5, 5.41) is 11.4. The van der Waals surface area contributed by atoms with Crippen LogP contribution in [-0.2, 0) is 17.9 Å². The standard InChI is InChI=1S/C16H16BrN5O/c1-12-14(17)10-22(19-12)11-16(23)18-15-7-8-21(20-15)9-13-5-3-2-4-6-13/h2-8,10H,9,11H2,1H3,(H,18,20,23). The summed E-state index contributed by atoms with van der Waals surface area (Å²) < 4.78 is 4.27. The van der Waals surface area contributed by atoms with Crippen LogP contribution in [-0.4, -0.2) is 25.5 Å². The Bertz CT molecular complexity index is 790. The fourth-order valence-electron chi connectivity index (χ4n) is 2.19. The number of aromatic nitrogens is 4. The van der Waals surface area contributed by atoms with Gasteiger partial charge in [0.1, 0.15) is 6.54 Å². The number of halogens is 1. The molecule has 2 heterocycles. The van der Waals surface area contributed by atoms with Crippen molar-refractivity contribution in [3.05, 3.63) is 64.5 Å². The lowest BCUT2D eigenvalue weighted by Gasteiger charge is -2.03. The molecule has 2 aromatic heterocycles. The molecule has 23 heavy (non-hydrogen) atoms. The molecule has 0 saturated heterocycles. The molecule has 3 rings (SSSR count). The van der Waals surface area contributed by atoms with E-state index in [2.05, 4.69) is 31.4 Å². The van der Waals surface area contributed by atoms with Gasteiger partial charge in [-0.1, -0.05) is 30.3 Å². The first-order valence-corrected chi connectivity index (χ1v) is 7.96. The molecule has 0 aliphatic rings. The summed E-state index contributed by atoms with van der Waals surface area (Å²) in [4.78, 5) is 12.0. The molecule has 0 aliphatic heterocycles. The van der Waals surface area contributed by atoms with E-state index in [1.54, 1.807) is 21.6 Å². The maximum Gasteiger partial charge on any atom is 0.247 e. The van der Waals surface area contributed by atoms with E-state index >= 15 is 0 Å². The largest absolute Gasteiger partial charge is 0.308 e. The molecule has 6 nitrogen and oxygen atoms in total. The van der Waals surface area contributed by atoms with Gasteiger partial charge < -0.3 is 5.32 Å². The molecule has 0 atom stereocenters. The minimum atomic E-state index is -0.162. The Morgan fingerprint density at radius 2 is 1.96 bits per heavy atom. The van der Waals surface area contributed by atoms with Crippen molar-refractivity contribution >= 4 is 27.7 Å². The van der Waals surface area contributed by atoms with Gasteiger partial charge in [-0.3, -0.25) is 14.2 Å². The van der Waals surface area contributed by atoms with Crippen LogP contribution in [0.5, 0.6) is 0 Å². The first-order valence-electron chi connectivity index (χ1n) is 7.17. The highest BCUT2D eigenvalue weighted by Crippen LogP contribution is 2.13. The highest BCUT2D eigenvalue weighted by molar-refractivity contribution is 9.10. The number of hydrogen-bond donors (Lipinski definition) is 1. The zero-order valence-electron chi connectivity index (χ0n) is 12.6. The van der Waals surface area contributed by atoms with E-state index in [1.165, 1.54) is 0 Å². The van der Waals surface area contributed by atoms with Crippen LogP contribution >= 0.6 is 15.9 Å². The Kier molecular flexibility index (Phi) is 4.57. The van der Waals surface area contributed by atoms with Crippen molar-refractivity contribution < 1.29 is 4.79 Å². The molecule has 0 spiro atoms. The Balaban J connectivity index is 1.59. The Hall–Kier alpha value is -2.41. The number of aryl methyl sites for hydroxylation is 1. The molecule has 0 fully saturated rings. The summed E-state index contributed by atoms with van der Waals surface area (Å²) >= 11 is 3.38. The maximum absolute atomic E-state index is 12.0. The second kappa shape index (κ2) is 6.78. The van der Waals surface area contributed by atoms with E-state index in [1.807, 2.05) is 43.5 Å². The van der Waals surface area contributed by atoms with Gasteiger partial charge in [-0.05, 0) is 28.4 Å². The van der Waals surface area contributed by atoms with Gasteiger partial charge in [0.25, 0.3) is 0 Å². The number of hydrogen-bond acceptors (Lipinski definition) is 3. The van der Waals surface area contributed by atoms with E-state index < -0.39 is 0 Å². The van der Waals surface area contributed by atoms with Crippen molar-refractivity contribution in [1.82, 2.24) is 19.6 Å². The molecule has 1 N–H and O–H groups in total. The average molecular weight is 374 g/mol. The third kappa shape index (κ3) is 4.07. The number of nitrogens with one attached hydrogen (secondary N) is 1. The fourth-order valence-corrected chi connectivity index (χ4v) is 2.51. The van der Waals surface area contributed by atoms with Gasteiger partial charge in [-0.15, -0.1) is 0 Å². The fraction of sp³-hybridized carbons (Fsp3) is 0.188. The molecule has 118 valence electrons. The number of anilines is 1. The predicted octanol–water partition coefficient (Wildman–Crippen LogP) is 2.84. The molecule has 3 aromatic rings. The van der Waals surface area contributed by atoms with Crippen LogP contribution < -0.4 is 5.32 Å². The van der Waals surface area contributed by atoms with Gasteiger partial charge in [0.2, 0.25) is 5.91 Å². The quantitative estimate of drug-likeness (QED) is 0.747. The highest BCUT2D eigenvalue weighted by atomic mass is 79.9. The van der Waals surface area contributed by atoms with Gasteiger partial charge in [0.15, 0.2) is 5.82 Å². The normalized spacial score (nSPS) is 10.7. The lowest BCUT2D eigenvalue weighted by atomic mass is 10.2. The minimum absolute atomic E-state index is 0.151. The van der Waals surface area contributed by atoms with Crippen LogP contribution in [0.15, 0.2) is 53.3 Å². The second-order valence-corrected chi connectivity index (χ2v) is 6.05. The average Bonchev–Trinajstić information content (AvgIpc) is 3.07. The number of rotatable bonds is 5. The van der Waals surface area contributed by atoms with Crippen molar-refractivity contribution in [3.8, 4) is 0 Å². The van der Waals surface area contributed by atoms with Crippen LogP contribution in [0.1, 0.15) is 11.3 Å². The van der Waals surface area contributed by atoms with E-state index in [9.17, 15) is 4.79 Å². The van der Waals surface area contributed by atoms with Crippen LogP contribution in [0, 0.1) is 6.92 Å². The lowest BCUT2D eigenvalue weighted by Crippen LogP contribution is -2.19. The zero-order chi connectivity index (χ0) is 16.2. The Morgan fingerprint density at radius 3 is 2.65 bits per heavy atom. The predicted molar refractivity (Wildman–Crippen MR) is 91.1 cm³/mol. The van der Waals surface area contributed by atoms with Crippen molar-refractivity contribution in [3.63, 3.8) is 0 Å². The number of carbonyl (C=O) groups excluding carboxylic acids is 1. The summed E-state index contributed by atoms with van der Waals surface area (Å²) in [5.74, 6) is 0.374. The van der Waals surface area contributed by atoms with Crippen LogP contribution in [0.2, 0.25) is 0 Å². The molecule has 7 heteroatoms. The van der Waals surface area contributed by atoms with Crippen LogP contribution in [0.3, 0.4) is 0 Å². The summed E-state index contributed by atoms with van der Waals surface area (Å²) in [6.45, 7) is 2.70. The third-order valence-corrected chi connectivity index (χ3v) is 4.07. The van der Waals surface area contributed by atoms with E-state index in [4.69, 9.17) is 0 Å². The van der Waals surface area contributed by atoms with E-state index in [0.717, 1.165) is 15.7 Å². The SMILES string of the molecule is Cc1nn(CC(=O)Nc2ccn(Cc3ccccc3)n2)cc1Br. The van der Waals surface area contributed by atoms with E-state index in [-0.39, 0.29) is 12.5 Å². The number of amides is 1. The molecule has 1 amide bonds. The van der Waals surface area contributed by atoms with Crippen molar-refractivity contribution in [2.24, 2.45) is 0 Å². The first kappa shape index (κ1) is 15.5. The molecule has 0 radical (unpaired) electrons. The topological polar surface area (TPSA) is 64.7 Å². The maximum atomic E-state index is 12.0. The molecular weight excluding hydrogens is 358 g/mol. The van der Waals surface area contributed by atoms with Crippen molar-refractivity contribution in [2.45, 2.75) is 20.0 Å². The molecule has 1 aromatic carbocycles. The van der Waals surface area contributed by atoms with Gasteiger partial charge >= 0.3 is 0 Å². The summed E-state index contributed by atoms with van der Waals surface area (Å²) in [6, 6.07) is 11.8. The molecule has 0 saturated carbocycles. The molecule has 0 unspecified atom stereocenters. The number of nitrogens with zero attached hydrogens (tertiary/aromatic N) is 4. The monoisotopic (exact) mass is 373 g/mol. The van der Waals surface area contributed by atoms with Crippen LogP contribution in [0.25, 0.3) is 0 Å². The second-order valence-electron chi connectivity index (χ2n) is 5.19. The first-order chi connectivity index (χ1) is 11.1. The van der Waals surface area contributed by atoms with E-state index in [0.29, 0.717) is 12.4 Å². The Labute approximate surface area is 142 Å².